The van der Waals surface area contributed by atoms with E-state index in [-0.39, 0.29) is 39.3 Å². The van der Waals surface area contributed by atoms with Crippen LogP contribution in [0.25, 0.3) is 27.7 Å². The SMILES string of the molecule is CC(C)(C)c1ccc(-c2cc3c4c(c2)C2(C)CCCCC2(C)N4c2cc(N(c4ccc(C(C)(C)C)cc4)c4ccc(C(C)(C)C)cc4)cc4c2B3c2cc(C(C)(C)C)cc3c5c(n-4c23)C2CC=CC=C2S5)cc1. The van der Waals surface area contributed by atoms with Crippen molar-refractivity contribution >= 4 is 74.2 Å². The van der Waals surface area contributed by atoms with Crippen LogP contribution in [0.4, 0.5) is 28.4 Å². The standard InChI is InChI=1S/C68H74BN3S/c1-63(2,3)43-23-21-41(22-24-43)42-35-52-61-53(36-42)69-54-38-46(66(10,11)12)37-51-59(54)71(60-50-19-15-16-20-57(50)73-62(51)60)55-39-49(40-56(58(55)69)72(61)68(14)34-18-17-33-67(52,68)13)70(47-29-25-44(26-30-47)64(4,5)6)48-31-27-45(28-32-48)65(7,8)9/h15-16,20-32,35-40,50H,17-19,33-34H2,1-14H3. The summed E-state index contributed by atoms with van der Waals surface area (Å²) in [4.78, 5) is 8.45. The van der Waals surface area contributed by atoms with E-state index in [4.69, 9.17) is 0 Å². The molecule has 1 fully saturated rings. The largest absolute Gasteiger partial charge is 0.335 e. The maximum absolute atomic E-state index is 2.94. The maximum atomic E-state index is 2.94. The van der Waals surface area contributed by atoms with Crippen molar-refractivity contribution in [1.82, 2.24) is 4.57 Å². The average Bonchev–Trinajstić information content (AvgIpc) is 3.96. The van der Waals surface area contributed by atoms with E-state index in [2.05, 4.69) is 239 Å². The van der Waals surface area contributed by atoms with Crippen molar-refractivity contribution in [2.75, 3.05) is 9.80 Å². The van der Waals surface area contributed by atoms with E-state index < -0.39 is 0 Å². The molecule has 0 spiro atoms. The molecule has 1 aromatic heterocycles. The lowest BCUT2D eigenvalue weighted by Gasteiger charge is -2.52. The zero-order chi connectivity index (χ0) is 51.1. The summed E-state index contributed by atoms with van der Waals surface area (Å²) in [6, 6.07) is 44.3. The van der Waals surface area contributed by atoms with Gasteiger partial charge < -0.3 is 14.4 Å². The zero-order valence-electron chi connectivity index (χ0n) is 46.1. The third kappa shape index (κ3) is 6.78. The van der Waals surface area contributed by atoms with Crippen LogP contribution in [0.2, 0.25) is 0 Å². The second-order valence-electron chi connectivity index (χ2n) is 27.3. The van der Waals surface area contributed by atoms with E-state index in [0.717, 1.165) is 12.8 Å². The van der Waals surface area contributed by atoms with Crippen LogP contribution in [0.1, 0.15) is 168 Å². The summed E-state index contributed by atoms with van der Waals surface area (Å²) in [5, 5.41) is 1.42. The van der Waals surface area contributed by atoms with Crippen LogP contribution in [0.3, 0.4) is 0 Å². The molecule has 6 aromatic carbocycles. The van der Waals surface area contributed by atoms with Crippen molar-refractivity contribution in [2.24, 2.45) is 0 Å². The fourth-order valence-electron chi connectivity index (χ4n) is 14.2. The van der Waals surface area contributed by atoms with Gasteiger partial charge in [0.2, 0.25) is 0 Å². The number of aromatic nitrogens is 1. The van der Waals surface area contributed by atoms with Crippen LogP contribution < -0.4 is 26.2 Å². The normalized spacial score (nSPS) is 21.5. The molecule has 4 aliphatic heterocycles. The lowest BCUT2D eigenvalue weighted by Crippen LogP contribution is -2.64. The summed E-state index contributed by atoms with van der Waals surface area (Å²) in [5.74, 6) is 0.321. The molecular formula is C68H74BN3S. The van der Waals surface area contributed by atoms with Gasteiger partial charge in [-0.1, -0.05) is 194 Å². The molecule has 1 saturated carbocycles. The highest BCUT2D eigenvalue weighted by Crippen LogP contribution is 2.63. The van der Waals surface area contributed by atoms with E-state index in [9.17, 15) is 0 Å². The third-order valence-electron chi connectivity index (χ3n) is 18.7. The Morgan fingerprint density at radius 2 is 1.16 bits per heavy atom. The highest BCUT2D eigenvalue weighted by atomic mass is 32.2. The molecule has 73 heavy (non-hydrogen) atoms. The number of thioether (sulfide) groups is 1. The number of hydrogen-bond donors (Lipinski definition) is 0. The van der Waals surface area contributed by atoms with Crippen LogP contribution in [-0.4, -0.2) is 16.8 Å². The van der Waals surface area contributed by atoms with E-state index >= 15 is 0 Å². The predicted octanol–water partition coefficient (Wildman–Crippen LogP) is 16.9. The minimum Gasteiger partial charge on any atom is -0.335 e. The Balaban J connectivity index is 1.16. The van der Waals surface area contributed by atoms with Gasteiger partial charge in [0.05, 0.1) is 11.2 Å². The third-order valence-corrected chi connectivity index (χ3v) is 20.0. The zero-order valence-corrected chi connectivity index (χ0v) is 46.9. The summed E-state index contributed by atoms with van der Waals surface area (Å²) >= 11 is 2.04. The Hall–Kier alpha value is -5.65. The van der Waals surface area contributed by atoms with Crippen molar-refractivity contribution in [3.63, 3.8) is 0 Å². The number of allylic oxidation sites excluding steroid dienone is 4. The molecular weight excluding hydrogens is 902 g/mol. The van der Waals surface area contributed by atoms with Crippen LogP contribution in [0, 0.1) is 0 Å². The number of anilines is 5. The first-order valence-electron chi connectivity index (χ1n) is 27.5. The fraction of sp³-hybridized carbons (Fsp3) is 0.382. The first-order valence-corrected chi connectivity index (χ1v) is 28.3. The molecule has 0 N–H and O–H groups in total. The Labute approximate surface area is 441 Å². The monoisotopic (exact) mass is 976 g/mol. The first kappa shape index (κ1) is 47.1. The number of fused-ring (bicyclic) bond motifs is 12. The molecule has 5 heteroatoms. The van der Waals surface area contributed by atoms with Gasteiger partial charge in [0.15, 0.2) is 0 Å². The molecule has 0 amide bonds. The Kier molecular flexibility index (Phi) is 9.98. The predicted molar refractivity (Wildman–Crippen MR) is 316 cm³/mol. The molecule has 6 aliphatic rings. The number of rotatable bonds is 4. The maximum Gasteiger partial charge on any atom is 0.252 e. The van der Waals surface area contributed by atoms with Gasteiger partial charge >= 0.3 is 0 Å². The number of nitrogens with zero attached hydrogens (tertiary/aromatic N) is 3. The van der Waals surface area contributed by atoms with Crippen LogP contribution >= 0.6 is 11.8 Å². The summed E-state index contributed by atoms with van der Waals surface area (Å²) in [5.41, 5.74) is 24.7. The van der Waals surface area contributed by atoms with Crippen LogP contribution in [0.15, 0.2) is 137 Å². The van der Waals surface area contributed by atoms with Gasteiger partial charge in [-0.2, -0.15) is 0 Å². The van der Waals surface area contributed by atoms with Crippen molar-refractivity contribution in [3.05, 3.63) is 166 Å². The molecule has 370 valence electrons. The minimum atomic E-state index is -0.136. The van der Waals surface area contributed by atoms with Gasteiger partial charge in [-0.3, -0.25) is 0 Å². The minimum absolute atomic E-state index is 0.0374. The van der Waals surface area contributed by atoms with Gasteiger partial charge in [-0.15, -0.1) is 0 Å². The smallest absolute Gasteiger partial charge is 0.252 e. The molecule has 0 bridgehead atoms. The fourth-order valence-corrected chi connectivity index (χ4v) is 15.5. The molecule has 7 aromatic rings. The highest BCUT2D eigenvalue weighted by Gasteiger charge is 2.61. The van der Waals surface area contributed by atoms with E-state index in [1.54, 1.807) is 0 Å². The molecule has 0 radical (unpaired) electrons. The van der Waals surface area contributed by atoms with Crippen LogP contribution in [0.5, 0.6) is 0 Å². The van der Waals surface area contributed by atoms with Crippen molar-refractivity contribution < 1.29 is 0 Å². The highest BCUT2D eigenvalue weighted by molar-refractivity contribution is 8.03. The van der Waals surface area contributed by atoms with Gasteiger partial charge in [0.25, 0.3) is 6.71 Å². The van der Waals surface area contributed by atoms with Gasteiger partial charge in [0, 0.05) is 61.3 Å². The summed E-state index contributed by atoms with van der Waals surface area (Å²) < 4.78 is 2.81. The van der Waals surface area contributed by atoms with Crippen molar-refractivity contribution in [1.29, 1.82) is 0 Å². The second-order valence-corrected chi connectivity index (χ2v) is 28.4. The van der Waals surface area contributed by atoms with Crippen LogP contribution in [-0.2, 0) is 27.1 Å². The molecule has 0 saturated heterocycles. The van der Waals surface area contributed by atoms with Crippen molar-refractivity contribution in [3.8, 4) is 16.8 Å². The van der Waals surface area contributed by atoms with E-state index in [1.165, 1.54) is 135 Å². The topological polar surface area (TPSA) is 11.4 Å². The lowest BCUT2D eigenvalue weighted by atomic mass is 9.33. The van der Waals surface area contributed by atoms with Crippen molar-refractivity contribution in [2.45, 2.75) is 172 Å². The van der Waals surface area contributed by atoms with Gasteiger partial charge in [-0.05, 0) is 157 Å². The second kappa shape index (κ2) is 15.5. The molecule has 5 heterocycles. The lowest BCUT2D eigenvalue weighted by molar-refractivity contribution is 0.195. The average molecular weight is 976 g/mol. The summed E-state index contributed by atoms with van der Waals surface area (Å²) in [7, 11) is 0. The van der Waals surface area contributed by atoms with E-state index in [0.29, 0.717) is 5.92 Å². The Morgan fingerprint density at radius 1 is 0.589 bits per heavy atom. The van der Waals surface area contributed by atoms with E-state index in [1.807, 2.05) is 11.8 Å². The number of hydrogen-bond acceptors (Lipinski definition) is 3. The summed E-state index contributed by atoms with van der Waals surface area (Å²) in [6.45, 7) is 33.5. The molecule has 3 atom stereocenters. The molecule has 2 aliphatic carbocycles. The Bertz CT molecular complexity index is 3470. The quantitative estimate of drug-likeness (QED) is 0.163. The Morgan fingerprint density at radius 3 is 1.77 bits per heavy atom. The number of benzene rings is 6. The molecule has 3 nitrogen and oxygen atoms in total. The summed E-state index contributed by atoms with van der Waals surface area (Å²) in [6.07, 6.45) is 12.9. The first-order chi connectivity index (χ1) is 34.5. The van der Waals surface area contributed by atoms with Gasteiger partial charge in [0.1, 0.15) is 0 Å². The van der Waals surface area contributed by atoms with Gasteiger partial charge in [-0.25, -0.2) is 0 Å². The molecule has 13 rings (SSSR count). The molecule has 3 unspecified atom stereocenters.